The summed E-state index contributed by atoms with van der Waals surface area (Å²) in [6.07, 6.45) is 0. The summed E-state index contributed by atoms with van der Waals surface area (Å²) in [5.74, 6) is 1.35. The number of methoxy groups -OCH3 is 1. The number of nitrogens with zero attached hydrogens (tertiary/aromatic N) is 3. The predicted octanol–water partition coefficient (Wildman–Crippen LogP) is 3.77. The van der Waals surface area contributed by atoms with Crippen molar-refractivity contribution in [2.24, 2.45) is 5.16 Å². The number of aromatic nitrogens is 1. The highest BCUT2D eigenvalue weighted by Crippen LogP contribution is 2.40. The molecule has 23 heavy (non-hydrogen) atoms. The number of oxime groups is 1. The monoisotopic (exact) mass is 352 g/mol. The summed E-state index contributed by atoms with van der Waals surface area (Å²) in [5.41, 5.74) is 8.27. The van der Waals surface area contributed by atoms with Gasteiger partial charge >= 0.3 is 0 Å². The van der Waals surface area contributed by atoms with Crippen LogP contribution in [0.3, 0.4) is 0 Å². The molecule has 0 aliphatic carbocycles. The molecule has 120 valence electrons. The molecule has 1 aliphatic rings. The molecule has 0 unspecified atom stereocenters. The Balaban J connectivity index is 2.00. The molecular weight excluding hydrogens is 339 g/mol. The van der Waals surface area contributed by atoms with E-state index in [-0.39, 0.29) is 0 Å². The first-order valence-corrected chi connectivity index (χ1v) is 7.53. The Kier molecular flexibility index (Phi) is 4.19. The van der Waals surface area contributed by atoms with Gasteiger partial charge in [-0.25, -0.2) is 4.98 Å². The lowest BCUT2D eigenvalue weighted by molar-refractivity contribution is 0.143. The van der Waals surface area contributed by atoms with E-state index >= 15 is 0 Å². The van der Waals surface area contributed by atoms with Crippen molar-refractivity contribution >= 4 is 40.5 Å². The van der Waals surface area contributed by atoms with Gasteiger partial charge in [0.2, 0.25) is 0 Å². The summed E-state index contributed by atoms with van der Waals surface area (Å²) in [4.78, 5) is 9.52. The quantitative estimate of drug-likeness (QED) is 0.909. The molecule has 0 saturated heterocycles. The van der Waals surface area contributed by atoms with Crippen LogP contribution in [0.4, 0.5) is 11.6 Å². The van der Waals surface area contributed by atoms with E-state index in [1.54, 1.807) is 23.3 Å². The minimum absolute atomic E-state index is 0.307. The first-order valence-electron chi connectivity index (χ1n) is 6.77. The molecule has 0 bridgehead atoms. The molecule has 0 fully saturated rings. The maximum absolute atomic E-state index is 6.35. The minimum Gasteiger partial charge on any atom is -0.495 e. The Morgan fingerprint density at radius 3 is 2.65 bits per heavy atom. The average Bonchev–Trinajstić information content (AvgIpc) is 2.96. The molecule has 0 atom stereocenters. The fraction of sp³-hybridized carbons (Fsp3) is 0.200. The van der Waals surface area contributed by atoms with Crippen molar-refractivity contribution in [3.05, 3.63) is 34.3 Å². The number of hydrogen-bond acceptors (Lipinski definition) is 6. The first kappa shape index (κ1) is 15.7. The van der Waals surface area contributed by atoms with Crippen LogP contribution in [0.5, 0.6) is 5.75 Å². The third-order valence-corrected chi connectivity index (χ3v) is 3.96. The summed E-state index contributed by atoms with van der Waals surface area (Å²) in [7, 11) is 1.53. The maximum Gasteiger partial charge on any atom is 0.168 e. The summed E-state index contributed by atoms with van der Waals surface area (Å²) in [6, 6.07) is 6.96. The Hall–Kier alpha value is -2.18. The van der Waals surface area contributed by atoms with E-state index in [0.29, 0.717) is 45.1 Å². The standard InChI is InChI=1S/C15H14Cl2N4O2/c1-8-7-21(23-20-8)13-4-3-10(15(18)19-13)11-5-9(16)6-12(22-2)14(11)17/h3-6H,7H2,1-2H3,(H2,18,19). The highest BCUT2D eigenvalue weighted by atomic mass is 35.5. The van der Waals surface area contributed by atoms with Crippen LogP contribution in [0.1, 0.15) is 6.92 Å². The third kappa shape index (κ3) is 3.00. The van der Waals surface area contributed by atoms with E-state index in [4.69, 9.17) is 38.6 Å². The van der Waals surface area contributed by atoms with E-state index in [0.717, 1.165) is 5.71 Å². The molecule has 0 spiro atoms. The van der Waals surface area contributed by atoms with Crippen LogP contribution < -0.4 is 15.5 Å². The van der Waals surface area contributed by atoms with Gasteiger partial charge in [0.1, 0.15) is 18.1 Å². The number of nitrogens with two attached hydrogens (primary N) is 1. The van der Waals surface area contributed by atoms with Crippen LogP contribution in [0.15, 0.2) is 29.4 Å². The second-order valence-corrected chi connectivity index (χ2v) is 5.83. The zero-order chi connectivity index (χ0) is 16.6. The zero-order valence-corrected chi connectivity index (χ0v) is 14.0. The topological polar surface area (TPSA) is 73.0 Å². The molecule has 1 aliphatic heterocycles. The first-order chi connectivity index (χ1) is 11.0. The van der Waals surface area contributed by atoms with Gasteiger partial charge < -0.3 is 10.5 Å². The van der Waals surface area contributed by atoms with Gasteiger partial charge in [-0.1, -0.05) is 28.4 Å². The molecule has 2 aromatic rings. The number of ether oxygens (including phenoxy) is 1. The van der Waals surface area contributed by atoms with E-state index in [1.807, 2.05) is 13.0 Å². The van der Waals surface area contributed by atoms with Crippen molar-refractivity contribution in [3.63, 3.8) is 0 Å². The summed E-state index contributed by atoms with van der Waals surface area (Å²) in [5, 5.41) is 6.33. The van der Waals surface area contributed by atoms with Crippen molar-refractivity contribution in [2.45, 2.75) is 6.92 Å². The lowest BCUT2D eigenvalue weighted by Gasteiger charge is -2.16. The normalized spacial score (nSPS) is 13.7. The van der Waals surface area contributed by atoms with E-state index < -0.39 is 0 Å². The number of rotatable bonds is 3. The van der Waals surface area contributed by atoms with E-state index in [9.17, 15) is 0 Å². The van der Waals surface area contributed by atoms with Gasteiger partial charge in [-0.05, 0) is 25.1 Å². The molecule has 3 rings (SSSR count). The molecule has 1 aromatic heterocycles. The molecule has 8 heteroatoms. The molecule has 0 amide bonds. The Bertz CT molecular complexity index is 795. The molecular formula is C15H14Cl2N4O2. The fourth-order valence-electron chi connectivity index (χ4n) is 2.25. The number of pyridine rings is 1. The summed E-state index contributed by atoms with van der Waals surface area (Å²) in [6.45, 7) is 2.41. The predicted molar refractivity (Wildman–Crippen MR) is 92.2 cm³/mol. The van der Waals surface area contributed by atoms with Gasteiger partial charge in [0.25, 0.3) is 0 Å². The van der Waals surface area contributed by atoms with Crippen molar-refractivity contribution in [3.8, 4) is 16.9 Å². The third-order valence-electron chi connectivity index (χ3n) is 3.35. The zero-order valence-electron chi connectivity index (χ0n) is 12.5. The number of halogens is 2. The van der Waals surface area contributed by atoms with Gasteiger partial charge in [-0.15, -0.1) is 0 Å². The van der Waals surface area contributed by atoms with Crippen LogP contribution in [-0.4, -0.2) is 24.4 Å². The summed E-state index contributed by atoms with van der Waals surface area (Å²) < 4.78 is 5.22. The second kappa shape index (κ2) is 6.14. The van der Waals surface area contributed by atoms with Crippen LogP contribution >= 0.6 is 23.2 Å². The van der Waals surface area contributed by atoms with Crippen molar-refractivity contribution in [1.29, 1.82) is 0 Å². The van der Waals surface area contributed by atoms with E-state index in [2.05, 4.69) is 10.1 Å². The van der Waals surface area contributed by atoms with Crippen molar-refractivity contribution < 1.29 is 9.68 Å². The van der Waals surface area contributed by atoms with E-state index in [1.165, 1.54) is 7.11 Å². The van der Waals surface area contributed by atoms with Gasteiger partial charge in [0.05, 0.1) is 17.8 Å². The lowest BCUT2D eigenvalue weighted by atomic mass is 10.1. The van der Waals surface area contributed by atoms with Gasteiger partial charge in [-0.3, -0.25) is 4.94 Å². The number of anilines is 2. The van der Waals surface area contributed by atoms with Gasteiger partial charge in [-0.2, -0.15) is 5.06 Å². The molecule has 6 nitrogen and oxygen atoms in total. The Morgan fingerprint density at radius 1 is 1.26 bits per heavy atom. The average molecular weight is 353 g/mol. The number of hydrogen-bond donors (Lipinski definition) is 1. The molecule has 0 saturated carbocycles. The Labute approximate surface area is 143 Å². The van der Waals surface area contributed by atoms with Crippen LogP contribution in [0.2, 0.25) is 10.0 Å². The summed E-state index contributed by atoms with van der Waals surface area (Å²) >= 11 is 12.5. The highest BCUT2D eigenvalue weighted by molar-refractivity contribution is 6.37. The molecule has 1 aromatic carbocycles. The maximum atomic E-state index is 6.35. The van der Waals surface area contributed by atoms with Gasteiger partial charge in [0, 0.05) is 22.2 Å². The number of hydroxylamine groups is 1. The molecule has 2 N–H and O–H groups in total. The lowest BCUT2D eigenvalue weighted by Crippen LogP contribution is -2.21. The number of benzene rings is 1. The second-order valence-electron chi connectivity index (χ2n) is 5.02. The van der Waals surface area contributed by atoms with Crippen LogP contribution in [0, 0.1) is 0 Å². The van der Waals surface area contributed by atoms with Crippen molar-refractivity contribution in [2.75, 3.05) is 24.5 Å². The largest absolute Gasteiger partial charge is 0.495 e. The minimum atomic E-state index is 0.307. The smallest absolute Gasteiger partial charge is 0.168 e. The highest BCUT2D eigenvalue weighted by Gasteiger charge is 2.20. The SMILES string of the molecule is COc1cc(Cl)cc(-c2ccc(N3CC(C)=NO3)nc2N)c1Cl. The molecule has 2 heterocycles. The Morgan fingerprint density at radius 2 is 2.04 bits per heavy atom. The fourth-order valence-corrected chi connectivity index (χ4v) is 2.74. The number of nitrogen functional groups attached to an aromatic ring is 1. The molecule has 0 radical (unpaired) electrons. The van der Waals surface area contributed by atoms with Crippen LogP contribution in [-0.2, 0) is 4.94 Å². The van der Waals surface area contributed by atoms with Gasteiger partial charge in [0.15, 0.2) is 5.82 Å². The van der Waals surface area contributed by atoms with Crippen molar-refractivity contribution in [1.82, 2.24) is 4.98 Å². The van der Waals surface area contributed by atoms with Crippen LogP contribution in [0.25, 0.3) is 11.1 Å².